The van der Waals surface area contributed by atoms with E-state index < -0.39 is 47.9 Å². The highest BCUT2D eigenvalue weighted by Crippen LogP contribution is 2.18. The monoisotopic (exact) mass is 410 g/mol. The molecular formula is C17H26N6O6. The summed E-state index contributed by atoms with van der Waals surface area (Å²) < 4.78 is 0. The van der Waals surface area contributed by atoms with Crippen LogP contribution < -0.4 is 16.4 Å². The Morgan fingerprint density at radius 1 is 1.41 bits per heavy atom. The Hall–Kier alpha value is -2.99. The van der Waals surface area contributed by atoms with Crippen LogP contribution in [0.1, 0.15) is 25.5 Å². The molecule has 4 unspecified atom stereocenters. The fourth-order valence-corrected chi connectivity index (χ4v) is 3.02. The number of hydrogen-bond donors (Lipinski definition) is 6. The molecule has 0 aliphatic carbocycles. The first-order chi connectivity index (χ1) is 13.7. The number of carbonyl (C=O) groups is 4. The van der Waals surface area contributed by atoms with E-state index in [2.05, 4.69) is 20.6 Å². The molecule has 12 heteroatoms. The minimum atomic E-state index is -1.21. The molecule has 0 saturated carbocycles. The Bertz CT molecular complexity index is 737. The van der Waals surface area contributed by atoms with Crippen LogP contribution in [-0.4, -0.2) is 86.1 Å². The molecule has 1 aromatic rings. The number of H-pyrrole nitrogens is 1. The van der Waals surface area contributed by atoms with Crippen molar-refractivity contribution in [2.24, 2.45) is 5.73 Å². The van der Waals surface area contributed by atoms with Gasteiger partial charge in [0, 0.05) is 24.9 Å². The second-order valence-corrected chi connectivity index (χ2v) is 6.91. The molecule has 2 heterocycles. The minimum absolute atomic E-state index is 0.0228. The third-order valence-corrected chi connectivity index (χ3v) is 4.71. The van der Waals surface area contributed by atoms with Crippen molar-refractivity contribution >= 4 is 23.7 Å². The molecule has 0 aromatic carbocycles. The van der Waals surface area contributed by atoms with Crippen LogP contribution in [0.25, 0.3) is 0 Å². The van der Waals surface area contributed by atoms with E-state index in [1.54, 1.807) is 0 Å². The smallest absolute Gasteiger partial charge is 0.326 e. The zero-order valence-electron chi connectivity index (χ0n) is 16.0. The third kappa shape index (κ3) is 5.99. The van der Waals surface area contributed by atoms with E-state index in [9.17, 15) is 29.4 Å². The molecular weight excluding hydrogens is 384 g/mol. The molecule has 1 fully saturated rings. The standard InChI is InChI=1S/C17H26N6O6/c1-9(24)14(18)16(27)20-7-13(25)23-4-2-3-12(23)15(26)22-11(17(28)29)5-10-6-19-8-21-10/h6,8-9,11-12,14,24H,2-5,7,18H2,1H3,(H,19,21)(H,20,27)(H,22,26)(H,28,29). The predicted molar refractivity (Wildman–Crippen MR) is 99.3 cm³/mol. The molecule has 160 valence electrons. The van der Waals surface area contributed by atoms with E-state index in [-0.39, 0.29) is 13.0 Å². The Kier molecular flexibility index (Phi) is 7.67. The highest BCUT2D eigenvalue weighted by Gasteiger charge is 2.36. The van der Waals surface area contributed by atoms with Crippen LogP contribution in [0.5, 0.6) is 0 Å². The molecule has 1 aliphatic heterocycles. The number of nitrogens with one attached hydrogen (secondary N) is 3. The van der Waals surface area contributed by atoms with Crippen LogP contribution in [0, 0.1) is 0 Å². The van der Waals surface area contributed by atoms with Crippen molar-refractivity contribution in [1.82, 2.24) is 25.5 Å². The van der Waals surface area contributed by atoms with Crippen LogP contribution >= 0.6 is 0 Å². The highest BCUT2D eigenvalue weighted by molar-refractivity contribution is 5.93. The van der Waals surface area contributed by atoms with Crippen LogP contribution in [0.2, 0.25) is 0 Å². The molecule has 0 bridgehead atoms. The first-order valence-corrected chi connectivity index (χ1v) is 9.22. The summed E-state index contributed by atoms with van der Waals surface area (Å²) in [7, 11) is 0. The topological polar surface area (TPSA) is 191 Å². The van der Waals surface area contributed by atoms with Gasteiger partial charge in [0.05, 0.1) is 19.0 Å². The molecule has 0 radical (unpaired) electrons. The minimum Gasteiger partial charge on any atom is -0.480 e. The van der Waals surface area contributed by atoms with E-state index in [0.717, 1.165) is 0 Å². The molecule has 4 atom stereocenters. The SMILES string of the molecule is CC(O)C(N)C(=O)NCC(=O)N1CCCC1C(=O)NC(Cc1cnc[nH]1)C(=O)O. The molecule has 7 N–H and O–H groups in total. The fraction of sp³-hybridized carbons (Fsp3) is 0.588. The van der Waals surface area contributed by atoms with Gasteiger partial charge in [0.2, 0.25) is 17.7 Å². The lowest BCUT2D eigenvalue weighted by molar-refractivity contribution is -0.144. The molecule has 29 heavy (non-hydrogen) atoms. The van der Waals surface area contributed by atoms with Gasteiger partial charge >= 0.3 is 5.97 Å². The largest absolute Gasteiger partial charge is 0.480 e. The molecule has 1 aromatic heterocycles. The van der Waals surface area contributed by atoms with Crippen molar-refractivity contribution in [2.75, 3.05) is 13.1 Å². The fourth-order valence-electron chi connectivity index (χ4n) is 3.02. The molecule has 2 rings (SSSR count). The van der Waals surface area contributed by atoms with Crippen molar-refractivity contribution in [3.8, 4) is 0 Å². The van der Waals surface area contributed by atoms with Gasteiger partial charge in [-0.05, 0) is 19.8 Å². The van der Waals surface area contributed by atoms with Crippen molar-refractivity contribution in [1.29, 1.82) is 0 Å². The summed E-state index contributed by atoms with van der Waals surface area (Å²) >= 11 is 0. The average molecular weight is 410 g/mol. The van der Waals surface area contributed by atoms with Gasteiger partial charge in [-0.25, -0.2) is 9.78 Å². The zero-order chi connectivity index (χ0) is 21.6. The number of carboxylic acid groups (broad SMARTS) is 1. The Balaban J connectivity index is 1.94. The summed E-state index contributed by atoms with van der Waals surface area (Å²) in [4.78, 5) is 56.2. The first kappa shape index (κ1) is 22.3. The van der Waals surface area contributed by atoms with Gasteiger partial charge in [0.15, 0.2) is 0 Å². The van der Waals surface area contributed by atoms with E-state index in [0.29, 0.717) is 25.1 Å². The van der Waals surface area contributed by atoms with Gasteiger partial charge in [-0.2, -0.15) is 0 Å². The first-order valence-electron chi connectivity index (χ1n) is 9.22. The summed E-state index contributed by atoms with van der Waals surface area (Å²) in [6.07, 6.45) is 2.78. The number of nitrogens with zero attached hydrogens (tertiary/aromatic N) is 2. The molecule has 1 saturated heterocycles. The molecule has 3 amide bonds. The van der Waals surface area contributed by atoms with Crippen LogP contribution in [0.3, 0.4) is 0 Å². The predicted octanol–water partition coefficient (Wildman–Crippen LogP) is -2.66. The van der Waals surface area contributed by atoms with E-state index in [1.165, 1.54) is 24.3 Å². The number of amides is 3. The van der Waals surface area contributed by atoms with E-state index in [4.69, 9.17) is 5.73 Å². The number of likely N-dealkylation sites (tertiary alicyclic amines) is 1. The van der Waals surface area contributed by atoms with Crippen molar-refractivity contribution in [2.45, 2.75) is 50.4 Å². The van der Waals surface area contributed by atoms with Gasteiger partial charge in [0.1, 0.15) is 18.1 Å². The van der Waals surface area contributed by atoms with E-state index >= 15 is 0 Å². The van der Waals surface area contributed by atoms with Crippen molar-refractivity contribution in [3.05, 3.63) is 18.2 Å². The maximum absolute atomic E-state index is 12.6. The maximum atomic E-state index is 12.6. The number of carboxylic acids is 1. The van der Waals surface area contributed by atoms with Crippen LogP contribution in [0.15, 0.2) is 12.5 Å². The number of carbonyl (C=O) groups excluding carboxylic acids is 3. The lowest BCUT2D eigenvalue weighted by Gasteiger charge is -2.26. The number of nitrogens with two attached hydrogens (primary N) is 1. The summed E-state index contributed by atoms with van der Waals surface area (Å²) in [6.45, 7) is 1.29. The lowest BCUT2D eigenvalue weighted by Crippen LogP contribution is -2.54. The van der Waals surface area contributed by atoms with Gasteiger partial charge in [-0.1, -0.05) is 0 Å². The van der Waals surface area contributed by atoms with E-state index in [1.807, 2.05) is 0 Å². The second kappa shape index (κ2) is 9.98. The number of hydrogen-bond acceptors (Lipinski definition) is 7. The molecule has 0 spiro atoms. The summed E-state index contributed by atoms with van der Waals surface area (Å²) in [5.41, 5.74) is 6.05. The summed E-state index contributed by atoms with van der Waals surface area (Å²) in [5, 5.41) is 23.5. The lowest BCUT2D eigenvalue weighted by atomic mass is 10.1. The number of aliphatic carboxylic acids is 1. The second-order valence-electron chi connectivity index (χ2n) is 6.91. The highest BCUT2D eigenvalue weighted by atomic mass is 16.4. The third-order valence-electron chi connectivity index (χ3n) is 4.71. The number of aromatic amines is 1. The number of imidazole rings is 1. The maximum Gasteiger partial charge on any atom is 0.326 e. The zero-order valence-corrected chi connectivity index (χ0v) is 16.0. The number of aromatic nitrogens is 2. The van der Waals surface area contributed by atoms with Crippen LogP contribution in [-0.2, 0) is 25.6 Å². The normalized spacial score (nSPS) is 19.3. The number of rotatable bonds is 9. The summed E-state index contributed by atoms with van der Waals surface area (Å²) in [5.74, 6) is -2.95. The quantitative estimate of drug-likeness (QED) is 0.254. The number of aliphatic hydroxyl groups excluding tert-OH is 1. The van der Waals surface area contributed by atoms with Gasteiger partial charge in [-0.3, -0.25) is 14.4 Å². The Labute approximate surface area is 166 Å². The summed E-state index contributed by atoms with van der Waals surface area (Å²) in [6, 6.07) is -3.17. The number of aliphatic hydroxyl groups is 1. The van der Waals surface area contributed by atoms with Gasteiger partial charge in [-0.15, -0.1) is 0 Å². The average Bonchev–Trinajstić information content (AvgIpc) is 3.36. The Morgan fingerprint density at radius 2 is 2.14 bits per heavy atom. The Morgan fingerprint density at radius 3 is 2.72 bits per heavy atom. The molecule has 1 aliphatic rings. The molecule has 12 nitrogen and oxygen atoms in total. The van der Waals surface area contributed by atoms with Gasteiger partial charge < -0.3 is 36.5 Å². The van der Waals surface area contributed by atoms with Crippen molar-refractivity contribution < 1.29 is 29.4 Å². The van der Waals surface area contributed by atoms with Crippen molar-refractivity contribution in [3.63, 3.8) is 0 Å². The van der Waals surface area contributed by atoms with Crippen LogP contribution in [0.4, 0.5) is 0 Å². The van der Waals surface area contributed by atoms with Gasteiger partial charge in [0.25, 0.3) is 0 Å².